The Balaban J connectivity index is 1.85. The quantitative estimate of drug-likeness (QED) is 0.494. The van der Waals surface area contributed by atoms with Gasteiger partial charge in [0, 0.05) is 15.2 Å². The summed E-state index contributed by atoms with van der Waals surface area (Å²) in [6.45, 7) is 0. The molecule has 6 heteroatoms. The summed E-state index contributed by atoms with van der Waals surface area (Å²) in [7, 11) is 0. The summed E-state index contributed by atoms with van der Waals surface area (Å²) in [5, 5.41) is 6.72. The molecule has 0 spiro atoms. The Bertz CT molecular complexity index is 612. The van der Waals surface area contributed by atoms with Crippen molar-refractivity contribution in [2.24, 2.45) is 5.16 Å². The van der Waals surface area contributed by atoms with Crippen molar-refractivity contribution in [2.45, 2.75) is 0 Å². The maximum Gasteiger partial charge on any atom is 0.437 e. The number of carbonyl (C=O) groups excluding carboxylic acids is 1. The van der Waals surface area contributed by atoms with Crippen LogP contribution >= 0.6 is 27.5 Å². The van der Waals surface area contributed by atoms with Crippen molar-refractivity contribution in [3.05, 3.63) is 63.6 Å². The van der Waals surface area contributed by atoms with Gasteiger partial charge in [-0.05, 0) is 42.0 Å². The third-order valence-corrected chi connectivity index (χ3v) is 3.08. The van der Waals surface area contributed by atoms with E-state index in [2.05, 4.69) is 31.2 Å². The molecule has 0 heterocycles. The lowest BCUT2D eigenvalue weighted by Crippen LogP contribution is -2.10. The summed E-state index contributed by atoms with van der Waals surface area (Å²) in [6.07, 6.45) is 0.786. The first-order chi connectivity index (χ1) is 9.63. The van der Waals surface area contributed by atoms with Gasteiger partial charge >= 0.3 is 6.09 Å². The number of carbonyl (C=O) groups is 1. The minimum absolute atomic E-state index is 0.582. The van der Waals surface area contributed by atoms with E-state index < -0.39 is 6.09 Å². The molecule has 1 N–H and O–H groups in total. The van der Waals surface area contributed by atoms with E-state index in [1.807, 2.05) is 24.3 Å². The van der Waals surface area contributed by atoms with Gasteiger partial charge in [0.2, 0.25) is 0 Å². The molecule has 1 amide bonds. The fourth-order valence-corrected chi connectivity index (χ4v) is 1.75. The molecule has 0 radical (unpaired) electrons. The number of rotatable bonds is 3. The SMILES string of the molecule is O=C(Nc1ccc(Cl)cc1)O/N=C/c1ccc(Br)cc1. The van der Waals surface area contributed by atoms with Gasteiger partial charge in [-0.1, -0.05) is 44.8 Å². The van der Waals surface area contributed by atoms with E-state index in [0.717, 1.165) is 10.0 Å². The fraction of sp³-hybridized carbons (Fsp3) is 0. The monoisotopic (exact) mass is 352 g/mol. The number of hydrogen-bond acceptors (Lipinski definition) is 3. The van der Waals surface area contributed by atoms with E-state index in [-0.39, 0.29) is 0 Å². The number of benzene rings is 2. The van der Waals surface area contributed by atoms with Gasteiger partial charge in [0.05, 0.1) is 6.21 Å². The number of anilines is 1. The van der Waals surface area contributed by atoms with E-state index >= 15 is 0 Å². The Kier molecular flexibility index (Phi) is 5.15. The smallest absolute Gasteiger partial charge is 0.298 e. The van der Waals surface area contributed by atoms with Crippen LogP contribution in [0, 0.1) is 0 Å². The maximum absolute atomic E-state index is 11.5. The van der Waals surface area contributed by atoms with Gasteiger partial charge in [0.1, 0.15) is 0 Å². The first-order valence-corrected chi connectivity index (χ1v) is 6.83. The van der Waals surface area contributed by atoms with Crippen LogP contribution < -0.4 is 5.32 Å². The van der Waals surface area contributed by atoms with Crippen LogP contribution in [0.25, 0.3) is 0 Å². The molecule has 0 saturated carbocycles. The molecule has 20 heavy (non-hydrogen) atoms. The van der Waals surface area contributed by atoms with Crippen LogP contribution in [0.1, 0.15) is 5.56 Å². The van der Waals surface area contributed by atoms with Crippen molar-refractivity contribution in [3.8, 4) is 0 Å². The Morgan fingerprint density at radius 3 is 2.45 bits per heavy atom. The minimum Gasteiger partial charge on any atom is -0.298 e. The number of halogens is 2. The van der Waals surface area contributed by atoms with Crippen molar-refractivity contribution >= 4 is 45.5 Å². The highest BCUT2D eigenvalue weighted by molar-refractivity contribution is 9.10. The van der Waals surface area contributed by atoms with Crippen LogP contribution in [-0.2, 0) is 4.84 Å². The summed E-state index contributed by atoms with van der Waals surface area (Å²) >= 11 is 9.07. The minimum atomic E-state index is -0.666. The first-order valence-electron chi connectivity index (χ1n) is 5.66. The zero-order valence-corrected chi connectivity index (χ0v) is 12.6. The number of nitrogens with zero attached hydrogens (tertiary/aromatic N) is 1. The van der Waals surface area contributed by atoms with Crippen molar-refractivity contribution in [1.82, 2.24) is 0 Å². The molecule has 4 nitrogen and oxygen atoms in total. The Labute approximate surface area is 129 Å². The van der Waals surface area contributed by atoms with E-state index in [1.54, 1.807) is 24.3 Å². The lowest BCUT2D eigenvalue weighted by molar-refractivity contribution is 0.167. The van der Waals surface area contributed by atoms with Crippen LogP contribution in [0.15, 0.2) is 58.2 Å². The molecule has 0 fully saturated rings. The number of oxime groups is 1. The molecule has 0 aliphatic rings. The molecule has 102 valence electrons. The van der Waals surface area contributed by atoms with Crippen LogP contribution in [0.4, 0.5) is 10.5 Å². The topological polar surface area (TPSA) is 50.7 Å². The predicted octanol–water partition coefficient (Wildman–Crippen LogP) is 4.69. The maximum atomic E-state index is 11.5. The normalized spacial score (nSPS) is 10.5. The summed E-state index contributed by atoms with van der Waals surface area (Å²) in [5.41, 5.74) is 1.41. The second-order valence-corrected chi connectivity index (χ2v) is 5.15. The van der Waals surface area contributed by atoms with Crippen molar-refractivity contribution in [2.75, 3.05) is 5.32 Å². The largest absolute Gasteiger partial charge is 0.437 e. The Morgan fingerprint density at radius 1 is 1.15 bits per heavy atom. The molecular weight excluding hydrogens is 344 g/mol. The van der Waals surface area contributed by atoms with Gasteiger partial charge in [-0.25, -0.2) is 4.79 Å². The standard InChI is InChI=1S/C14H10BrClN2O2/c15-11-3-1-10(2-4-11)9-17-20-14(19)18-13-7-5-12(16)6-8-13/h1-9H,(H,18,19)/b17-9+. The van der Waals surface area contributed by atoms with Gasteiger partial charge in [-0.3, -0.25) is 10.2 Å². The molecule has 0 bridgehead atoms. The Hall–Kier alpha value is -1.85. The van der Waals surface area contributed by atoms with Crippen molar-refractivity contribution in [3.63, 3.8) is 0 Å². The van der Waals surface area contributed by atoms with Gasteiger partial charge in [0.25, 0.3) is 0 Å². The molecule has 2 rings (SSSR count). The zero-order chi connectivity index (χ0) is 14.4. The van der Waals surface area contributed by atoms with E-state index in [4.69, 9.17) is 11.6 Å². The van der Waals surface area contributed by atoms with Crippen molar-refractivity contribution < 1.29 is 9.63 Å². The molecule has 2 aromatic rings. The number of amides is 1. The molecule has 0 saturated heterocycles. The average Bonchev–Trinajstić information content (AvgIpc) is 2.44. The van der Waals surface area contributed by atoms with Gasteiger partial charge in [0.15, 0.2) is 0 Å². The third kappa shape index (κ3) is 4.68. The fourth-order valence-electron chi connectivity index (χ4n) is 1.36. The van der Waals surface area contributed by atoms with Gasteiger partial charge in [-0.2, -0.15) is 0 Å². The molecule has 2 aromatic carbocycles. The third-order valence-electron chi connectivity index (χ3n) is 2.30. The molecule has 0 aliphatic heterocycles. The molecule has 0 atom stereocenters. The zero-order valence-electron chi connectivity index (χ0n) is 10.2. The highest BCUT2D eigenvalue weighted by Crippen LogP contribution is 2.13. The van der Waals surface area contributed by atoms with E-state index in [0.29, 0.717) is 10.7 Å². The molecular formula is C14H10BrClN2O2. The molecule has 0 aliphatic carbocycles. The lowest BCUT2D eigenvalue weighted by Gasteiger charge is -2.02. The Morgan fingerprint density at radius 2 is 1.80 bits per heavy atom. The summed E-state index contributed by atoms with van der Waals surface area (Å²) in [6, 6.07) is 14.1. The molecule has 0 unspecified atom stereocenters. The number of nitrogens with one attached hydrogen (secondary N) is 1. The first kappa shape index (κ1) is 14.6. The number of hydrogen-bond donors (Lipinski definition) is 1. The lowest BCUT2D eigenvalue weighted by atomic mass is 10.2. The van der Waals surface area contributed by atoms with Crippen LogP contribution in [0.2, 0.25) is 5.02 Å². The highest BCUT2D eigenvalue weighted by atomic mass is 79.9. The van der Waals surface area contributed by atoms with Crippen LogP contribution in [-0.4, -0.2) is 12.3 Å². The van der Waals surface area contributed by atoms with Crippen LogP contribution in [0.3, 0.4) is 0 Å². The molecule has 0 aromatic heterocycles. The van der Waals surface area contributed by atoms with Gasteiger partial charge in [-0.15, -0.1) is 0 Å². The van der Waals surface area contributed by atoms with E-state index in [9.17, 15) is 4.79 Å². The summed E-state index contributed by atoms with van der Waals surface area (Å²) in [5.74, 6) is 0. The van der Waals surface area contributed by atoms with Crippen LogP contribution in [0.5, 0.6) is 0 Å². The van der Waals surface area contributed by atoms with Crippen molar-refractivity contribution in [1.29, 1.82) is 0 Å². The summed E-state index contributed by atoms with van der Waals surface area (Å²) in [4.78, 5) is 16.1. The van der Waals surface area contributed by atoms with E-state index in [1.165, 1.54) is 6.21 Å². The van der Waals surface area contributed by atoms with Gasteiger partial charge < -0.3 is 0 Å². The second kappa shape index (κ2) is 7.07. The highest BCUT2D eigenvalue weighted by Gasteiger charge is 2.01. The second-order valence-electron chi connectivity index (χ2n) is 3.80. The average molecular weight is 354 g/mol. The predicted molar refractivity (Wildman–Crippen MR) is 83.3 cm³/mol. The summed E-state index contributed by atoms with van der Waals surface area (Å²) < 4.78 is 0.969.